The number of aliphatic hydroxyl groups is 1. The van der Waals surface area contributed by atoms with E-state index in [4.69, 9.17) is 5.26 Å². The molecule has 1 N–H and O–H groups in total. The minimum Gasteiger partial charge on any atom is -0.382 e. The van der Waals surface area contributed by atoms with Crippen molar-refractivity contribution in [3.63, 3.8) is 0 Å². The Morgan fingerprint density at radius 3 is 2.62 bits per heavy atom. The fourth-order valence-corrected chi connectivity index (χ4v) is 4.22. The van der Waals surface area contributed by atoms with Gasteiger partial charge in [0.2, 0.25) is 0 Å². The van der Waals surface area contributed by atoms with Crippen LogP contribution in [0.1, 0.15) is 33.9 Å². The summed E-state index contributed by atoms with van der Waals surface area (Å²) in [5.74, 6) is -4.12. The highest BCUT2D eigenvalue weighted by Gasteiger charge is 2.49. The van der Waals surface area contributed by atoms with Crippen LogP contribution >= 0.6 is 0 Å². The second-order valence-corrected chi connectivity index (χ2v) is 8.35. The Kier molecular flexibility index (Phi) is 4.33. The van der Waals surface area contributed by atoms with Crippen molar-refractivity contribution >= 4 is 9.84 Å². The van der Waals surface area contributed by atoms with Gasteiger partial charge in [0.15, 0.2) is 9.84 Å². The van der Waals surface area contributed by atoms with Crippen LogP contribution in [0.4, 0.5) is 13.2 Å². The quantitative estimate of drug-likeness (QED) is 0.887. The van der Waals surface area contributed by atoms with Crippen LogP contribution in [0.5, 0.6) is 0 Å². The number of alkyl halides is 2. The number of hydrogen-bond donors (Lipinski definition) is 1. The van der Waals surface area contributed by atoms with Crippen LogP contribution in [0, 0.1) is 17.1 Å². The molecule has 3 rings (SSSR count). The largest absolute Gasteiger partial charge is 0.382 e. The van der Waals surface area contributed by atoms with Gasteiger partial charge >= 0.3 is 0 Å². The molecule has 0 radical (unpaired) electrons. The van der Waals surface area contributed by atoms with Crippen LogP contribution in [-0.4, -0.2) is 25.7 Å². The van der Waals surface area contributed by atoms with Crippen LogP contribution in [0.15, 0.2) is 35.2 Å². The molecular formula is C18H14F3NO3S. The van der Waals surface area contributed by atoms with Gasteiger partial charge in [-0.15, -0.1) is 0 Å². The maximum Gasteiger partial charge on any atom is 0.281 e. The summed E-state index contributed by atoms with van der Waals surface area (Å²) in [6.45, 7) is 0. The van der Waals surface area contributed by atoms with E-state index >= 15 is 0 Å². The first-order valence-electron chi connectivity index (χ1n) is 7.63. The molecule has 0 aliphatic heterocycles. The molecule has 26 heavy (non-hydrogen) atoms. The fourth-order valence-electron chi connectivity index (χ4n) is 3.27. The van der Waals surface area contributed by atoms with Gasteiger partial charge in [0.25, 0.3) is 5.92 Å². The highest BCUT2D eigenvalue weighted by Crippen LogP contribution is 2.47. The van der Waals surface area contributed by atoms with Gasteiger partial charge in [0.1, 0.15) is 11.9 Å². The van der Waals surface area contributed by atoms with E-state index in [1.807, 2.05) is 6.07 Å². The molecule has 0 bridgehead atoms. The molecule has 136 valence electrons. The van der Waals surface area contributed by atoms with Crippen LogP contribution in [0.2, 0.25) is 0 Å². The third kappa shape index (κ3) is 3.20. The molecule has 1 atom stereocenters. The van der Waals surface area contributed by atoms with E-state index < -0.39 is 34.1 Å². The summed E-state index contributed by atoms with van der Waals surface area (Å²) in [6, 6.07) is 8.05. The fraction of sp³-hybridized carbons (Fsp3) is 0.278. The third-order valence-corrected chi connectivity index (χ3v) is 5.54. The predicted molar refractivity (Wildman–Crippen MR) is 87.1 cm³/mol. The SMILES string of the molecule is CS(=O)(=O)c1ccc(Cc2cc(F)cc(C#N)c2)c2c1[C@H](O)C(F)(F)C2. The van der Waals surface area contributed by atoms with E-state index in [1.165, 1.54) is 24.3 Å². The molecule has 0 saturated heterocycles. The lowest BCUT2D eigenvalue weighted by Gasteiger charge is -2.15. The molecule has 0 aromatic heterocycles. The Morgan fingerprint density at radius 2 is 2.00 bits per heavy atom. The summed E-state index contributed by atoms with van der Waals surface area (Å²) in [4.78, 5) is -0.335. The molecule has 4 nitrogen and oxygen atoms in total. The topological polar surface area (TPSA) is 78.2 Å². The summed E-state index contributed by atoms with van der Waals surface area (Å²) in [6.07, 6.45) is -2.11. The van der Waals surface area contributed by atoms with Crippen molar-refractivity contribution in [1.82, 2.24) is 0 Å². The zero-order chi connectivity index (χ0) is 19.3. The summed E-state index contributed by atoms with van der Waals surface area (Å²) < 4.78 is 65.5. The zero-order valence-corrected chi connectivity index (χ0v) is 14.4. The molecule has 0 saturated carbocycles. The van der Waals surface area contributed by atoms with Crippen molar-refractivity contribution in [1.29, 1.82) is 5.26 Å². The van der Waals surface area contributed by atoms with Crippen molar-refractivity contribution in [2.24, 2.45) is 0 Å². The van der Waals surface area contributed by atoms with E-state index in [2.05, 4.69) is 0 Å². The van der Waals surface area contributed by atoms with Crippen molar-refractivity contribution in [3.05, 3.63) is 64.0 Å². The maximum atomic E-state index is 14.1. The van der Waals surface area contributed by atoms with Gasteiger partial charge in [0, 0.05) is 18.2 Å². The van der Waals surface area contributed by atoms with E-state index in [0.29, 0.717) is 11.1 Å². The van der Waals surface area contributed by atoms with Gasteiger partial charge in [-0.1, -0.05) is 6.07 Å². The lowest BCUT2D eigenvalue weighted by molar-refractivity contribution is -0.0976. The number of rotatable bonds is 3. The number of nitriles is 1. The van der Waals surface area contributed by atoms with E-state index in [9.17, 15) is 26.7 Å². The Bertz CT molecular complexity index is 1040. The van der Waals surface area contributed by atoms with Gasteiger partial charge in [-0.05, 0) is 47.4 Å². The first kappa shape index (κ1) is 18.4. The Balaban J connectivity index is 2.15. The summed E-state index contributed by atoms with van der Waals surface area (Å²) in [5.41, 5.74) is 0.591. The molecule has 2 aromatic rings. The Morgan fingerprint density at radius 1 is 1.31 bits per heavy atom. The monoisotopic (exact) mass is 381 g/mol. The normalized spacial score (nSPS) is 18.4. The standard InChI is InChI=1S/C18H14F3NO3S/c1-26(24,25)15-3-2-12(14-8-18(20,21)17(23)16(14)15)5-10-4-11(9-22)7-13(19)6-10/h2-4,6-7,17,23H,5,8H2,1H3/t17-/m0/s1. The van der Waals surface area contributed by atoms with E-state index in [0.717, 1.165) is 12.3 Å². The number of halogens is 3. The number of aliphatic hydroxyl groups excluding tert-OH is 1. The van der Waals surface area contributed by atoms with E-state index in [1.54, 1.807) is 0 Å². The van der Waals surface area contributed by atoms with Gasteiger partial charge in [-0.25, -0.2) is 21.6 Å². The van der Waals surface area contributed by atoms with Crippen molar-refractivity contribution in [3.8, 4) is 6.07 Å². The van der Waals surface area contributed by atoms with Crippen molar-refractivity contribution in [2.75, 3.05) is 6.26 Å². The highest BCUT2D eigenvalue weighted by molar-refractivity contribution is 7.90. The maximum absolute atomic E-state index is 14.1. The van der Waals surface area contributed by atoms with Crippen LogP contribution in [-0.2, 0) is 22.7 Å². The molecule has 0 amide bonds. The van der Waals surface area contributed by atoms with Crippen LogP contribution in [0.3, 0.4) is 0 Å². The number of benzene rings is 2. The van der Waals surface area contributed by atoms with Gasteiger partial charge in [-0.3, -0.25) is 0 Å². The molecule has 0 unspecified atom stereocenters. The molecule has 0 fully saturated rings. The molecule has 2 aromatic carbocycles. The molecule has 8 heteroatoms. The Labute approximate surface area is 148 Å². The van der Waals surface area contributed by atoms with Crippen LogP contribution in [0.25, 0.3) is 0 Å². The van der Waals surface area contributed by atoms with Gasteiger partial charge in [-0.2, -0.15) is 5.26 Å². The predicted octanol–water partition coefficient (Wildman–Crippen LogP) is 2.92. The average molecular weight is 381 g/mol. The number of sulfone groups is 1. The molecule has 0 spiro atoms. The Hall–Kier alpha value is -2.37. The highest BCUT2D eigenvalue weighted by atomic mass is 32.2. The first-order valence-corrected chi connectivity index (χ1v) is 9.52. The smallest absolute Gasteiger partial charge is 0.281 e. The summed E-state index contributed by atoms with van der Waals surface area (Å²) in [5, 5.41) is 18.9. The van der Waals surface area contributed by atoms with Crippen LogP contribution < -0.4 is 0 Å². The lowest BCUT2D eigenvalue weighted by Crippen LogP contribution is -2.22. The van der Waals surface area contributed by atoms with Gasteiger partial charge < -0.3 is 5.11 Å². The summed E-state index contributed by atoms with van der Waals surface area (Å²) >= 11 is 0. The van der Waals surface area contributed by atoms with Crippen molar-refractivity contribution in [2.45, 2.75) is 29.8 Å². The number of hydrogen-bond acceptors (Lipinski definition) is 4. The molecule has 0 heterocycles. The minimum absolute atomic E-state index is 0.0294. The zero-order valence-electron chi connectivity index (χ0n) is 13.6. The second-order valence-electron chi connectivity index (χ2n) is 6.36. The lowest BCUT2D eigenvalue weighted by atomic mass is 9.96. The minimum atomic E-state index is -3.81. The number of nitrogens with zero attached hydrogens (tertiary/aromatic N) is 1. The summed E-state index contributed by atoms with van der Waals surface area (Å²) in [7, 11) is -3.81. The molecule has 1 aliphatic carbocycles. The number of fused-ring (bicyclic) bond motifs is 1. The molecule has 1 aliphatic rings. The van der Waals surface area contributed by atoms with E-state index in [-0.39, 0.29) is 28.0 Å². The van der Waals surface area contributed by atoms with Crippen molar-refractivity contribution < 1.29 is 26.7 Å². The average Bonchev–Trinajstić information content (AvgIpc) is 2.77. The second kappa shape index (κ2) is 6.11. The first-order chi connectivity index (χ1) is 12.0. The molecular weight excluding hydrogens is 367 g/mol. The van der Waals surface area contributed by atoms with Gasteiger partial charge in [0.05, 0.1) is 16.5 Å². The third-order valence-electron chi connectivity index (χ3n) is 4.38.